The largest absolute Gasteiger partial charge is 0.360 e. The summed E-state index contributed by atoms with van der Waals surface area (Å²) in [7, 11) is 0. The molecule has 140 valence electrons. The van der Waals surface area contributed by atoms with Crippen molar-refractivity contribution < 1.29 is 4.79 Å². The third kappa shape index (κ3) is 2.99. The molecular formula is C23H22N4O. The van der Waals surface area contributed by atoms with Crippen LogP contribution >= 0.6 is 0 Å². The molecule has 0 unspecified atom stereocenters. The lowest BCUT2D eigenvalue weighted by molar-refractivity contribution is 0.0933. The van der Waals surface area contributed by atoms with Crippen LogP contribution in [-0.2, 0) is 0 Å². The summed E-state index contributed by atoms with van der Waals surface area (Å²) in [6.07, 6.45) is 5.51. The number of rotatable bonds is 3. The zero-order valence-corrected chi connectivity index (χ0v) is 15.6. The summed E-state index contributed by atoms with van der Waals surface area (Å²) < 4.78 is 0. The van der Waals surface area contributed by atoms with Crippen molar-refractivity contribution in [3.05, 3.63) is 72.6 Å². The number of aromatic amines is 1. The lowest BCUT2D eigenvalue weighted by Crippen LogP contribution is -2.45. The highest BCUT2D eigenvalue weighted by molar-refractivity contribution is 6.06. The van der Waals surface area contributed by atoms with Gasteiger partial charge in [0.2, 0.25) is 0 Å². The van der Waals surface area contributed by atoms with Crippen LogP contribution < -0.4 is 10.2 Å². The van der Waals surface area contributed by atoms with E-state index in [1.807, 2.05) is 36.5 Å². The van der Waals surface area contributed by atoms with E-state index in [1.54, 1.807) is 6.20 Å². The van der Waals surface area contributed by atoms with Gasteiger partial charge in [-0.15, -0.1) is 0 Å². The zero-order valence-electron chi connectivity index (χ0n) is 15.6. The fraction of sp³-hybridized carbons (Fsp3) is 0.217. The number of nitrogens with zero attached hydrogens (tertiary/aromatic N) is 2. The molecule has 0 spiro atoms. The highest BCUT2D eigenvalue weighted by Gasteiger charge is 2.23. The van der Waals surface area contributed by atoms with Gasteiger partial charge in [0.15, 0.2) is 0 Å². The van der Waals surface area contributed by atoms with Crippen molar-refractivity contribution in [2.45, 2.75) is 18.9 Å². The first-order valence-corrected chi connectivity index (χ1v) is 9.75. The van der Waals surface area contributed by atoms with Crippen molar-refractivity contribution in [1.82, 2.24) is 15.3 Å². The average molecular weight is 370 g/mol. The molecule has 0 bridgehead atoms. The number of amides is 1. The maximum atomic E-state index is 12.8. The van der Waals surface area contributed by atoms with Gasteiger partial charge in [0.25, 0.3) is 5.91 Å². The fourth-order valence-electron chi connectivity index (χ4n) is 4.11. The highest BCUT2D eigenvalue weighted by Crippen LogP contribution is 2.27. The van der Waals surface area contributed by atoms with Gasteiger partial charge in [-0.2, -0.15) is 0 Å². The summed E-state index contributed by atoms with van der Waals surface area (Å²) in [5, 5.41) is 6.58. The number of H-pyrrole nitrogens is 1. The van der Waals surface area contributed by atoms with E-state index in [9.17, 15) is 4.79 Å². The Morgan fingerprint density at radius 3 is 2.61 bits per heavy atom. The Bertz CT molecular complexity index is 1140. The van der Waals surface area contributed by atoms with Crippen LogP contribution in [-0.4, -0.2) is 35.0 Å². The first-order valence-electron chi connectivity index (χ1n) is 9.75. The van der Waals surface area contributed by atoms with Crippen molar-refractivity contribution in [3.8, 4) is 0 Å². The lowest BCUT2D eigenvalue weighted by Gasteiger charge is -2.33. The summed E-state index contributed by atoms with van der Waals surface area (Å²) in [4.78, 5) is 22.9. The number of anilines is 1. The molecule has 2 aromatic carbocycles. The number of carbonyl (C=O) groups is 1. The molecule has 0 aliphatic carbocycles. The van der Waals surface area contributed by atoms with Gasteiger partial charge in [0.05, 0.1) is 5.56 Å². The molecular weight excluding hydrogens is 348 g/mol. The summed E-state index contributed by atoms with van der Waals surface area (Å²) in [6.45, 7) is 1.78. The zero-order chi connectivity index (χ0) is 18.9. The predicted molar refractivity (Wildman–Crippen MR) is 113 cm³/mol. The first kappa shape index (κ1) is 16.8. The average Bonchev–Trinajstić information content (AvgIpc) is 3.18. The van der Waals surface area contributed by atoms with Gasteiger partial charge in [-0.25, -0.2) is 4.98 Å². The van der Waals surface area contributed by atoms with Gasteiger partial charge in [0, 0.05) is 47.8 Å². The number of nitrogens with one attached hydrogen (secondary N) is 2. The summed E-state index contributed by atoms with van der Waals surface area (Å²) >= 11 is 0. The Hall–Kier alpha value is -3.34. The molecule has 2 aromatic heterocycles. The SMILES string of the molecule is O=C(NC1CCN(c2nccc3ccccc23)CC1)c1c[nH]c2ccccc12. The standard InChI is InChI=1S/C23H22N4O/c28-23(20-15-25-21-8-4-3-7-19(20)21)26-17-10-13-27(14-11-17)22-18-6-2-1-5-16(18)9-12-24-22/h1-9,12,15,17,25H,10-11,13-14H2,(H,26,28). The molecule has 1 saturated heterocycles. The van der Waals surface area contributed by atoms with E-state index < -0.39 is 0 Å². The Labute approximate surface area is 163 Å². The first-order chi connectivity index (χ1) is 13.8. The molecule has 1 aliphatic heterocycles. The Morgan fingerprint density at radius 2 is 1.75 bits per heavy atom. The third-order valence-electron chi connectivity index (χ3n) is 5.62. The van der Waals surface area contributed by atoms with E-state index in [4.69, 9.17) is 0 Å². The van der Waals surface area contributed by atoms with Crippen LogP contribution in [0, 0.1) is 0 Å². The number of para-hydroxylation sites is 1. The smallest absolute Gasteiger partial charge is 0.253 e. The van der Waals surface area contributed by atoms with Crippen molar-refractivity contribution in [3.63, 3.8) is 0 Å². The predicted octanol–water partition coefficient (Wildman–Crippen LogP) is 4.11. The topological polar surface area (TPSA) is 61.0 Å². The van der Waals surface area contributed by atoms with Gasteiger partial charge in [0.1, 0.15) is 5.82 Å². The molecule has 0 radical (unpaired) electrons. The van der Waals surface area contributed by atoms with Crippen LogP contribution in [0.15, 0.2) is 67.0 Å². The Kier molecular flexibility index (Phi) is 4.20. The highest BCUT2D eigenvalue weighted by atomic mass is 16.1. The number of piperidine rings is 1. The molecule has 2 N–H and O–H groups in total. The fourth-order valence-corrected chi connectivity index (χ4v) is 4.11. The van der Waals surface area contributed by atoms with E-state index in [1.165, 1.54) is 10.8 Å². The molecule has 0 saturated carbocycles. The van der Waals surface area contributed by atoms with Gasteiger partial charge in [-0.05, 0) is 30.4 Å². The molecule has 1 aliphatic rings. The molecule has 1 fully saturated rings. The Morgan fingerprint density at radius 1 is 1.00 bits per heavy atom. The van der Waals surface area contributed by atoms with E-state index in [0.29, 0.717) is 5.56 Å². The minimum atomic E-state index is -0.000754. The quantitative estimate of drug-likeness (QED) is 0.570. The second-order valence-corrected chi connectivity index (χ2v) is 7.34. The molecule has 4 aromatic rings. The summed E-state index contributed by atoms with van der Waals surface area (Å²) in [6, 6.07) is 18.5. The van der Waals surface area contributed by atoms with E-state index in [2.05, 4.69) is 44.5 Å². The lowest BCUT2D eigenvalue weighted by atomic mass is 10.0. The summed E-state index contributed by atoms with van der Waals surface area (Å²) in [5.74, 6) is 1.04. The number of carbonyl (C=O) groups excluding carboxylic acids is 1. The van der Waals surface area contributed by atoms with Crippen LogP contribution in [0.3, 0.4) is 0 Å². The number of pyridine rings is 1. The van der Waals surface area contributed by atoms with E-state index >= 15 is 0 Å². The minimum Gasteiger partial charge on any atom is -0.360 e. The van der Waals surface area contributed by atoms with E-state index in [0.717, 1.165) is 42.7 Å². The van der Waals surface area contributed by atoms with Crippen molar-refractivity contribution in [1.29, 1.82) is 0 Å². The number of hydrogen-bond donors (Lipinski definition) is 2. The molecule has 28 heavy (non-hydrogen) atoms. The van der Waals surface area contributed by atoms with Crippen LogP contribution in [0.2, 0.25) is 0 Å². The van der Waals surface area contributed by atoms with Crippen LogP contribution in [0.1, 0.15) is 23.2 Å². The molecule has 5 nitrogen and oxygen atoms in total. The Balaban J connectivity index is 1.28. The van der Waals surface area contributed by atoms with E-state index in [-0.39, 0.29) is 11.9 Å². The van der Waals surface area contributed by atoms with Gasteiger partial charge in [-0.3, -0.25) is 4.79 Å². The monoisotopic (exact) mass is 370 g/mol. The molecule has 5 heteroatoms. The number of benzene rings is 2. The maximum absolute atomic E-state index is 12.8. The molecule has 3 heterocycles. The molecule has 1 amide bonds. The molecule has 5 rings (SSSR count). The second kappa shape index (κ2) is 7.00. The number of hydrogen-bond acceptors (Lipinski definition) is 3. The van der Waals surface area contributed by atoms with Crippen molar-refractivity contribution >= 4 is 33.4 Å². The number of aromatic nitrogens is 2. The van der Waals surface area contributed by atoms with Crippen molar-refractivity contribution in [2.75, 3.05) is 18.0 Å². The van der Waals surface area contributed by atoms with Crippen molar-refractivity contribution in [2.24, 2.45) is 0 Å². The maximum Gasteiger partial charge on any atom is 0.253 e. The number of fused-ring (bicyclic) bond motifs is 2. The second-order valence-electron chi connectivity index (χ2n) is 7.34. The minimum absolute atomic E-state index is 0.000754. The van der Waals surface area contributed by atoms with Gasteiger partial charge in [-0.1, -0.05) is 42.5 Å². The van der Waals surface area contributed by atoms with Crippen LogP contribution in [0.5, 0.6) is 0 Å². The normalized spacial score (nSPS) is 15.2. The van der Waals surface area contributed by atoms with Gasteiger partial charge < -0.3 is 15.2 Å². The van der Waals surface area contributed by atoms with Crippen LogP contribution in [0.4, 0.5) is 5.82 Å². The third-order valence-corrected chi connectivity index (χ3v) is 5.62. The van der Waals surface area contributed by atoms with Gasteiger partial charge >= 0.3 is 0 Å². The summed E-state index contributed by atoms with van der Waals surface area (Å²) in [5.41, 5.74) is 1.71. The van der Waals surface area contributed by atoms with Crippen LogP contribution in [0.25, 0.3) is 21.7 Å². The molecule has 0 atom stereocenters.